The van der Waals surface area contributed by atoms with E-state index < -0.39 is 51.6 Å². The van der Waals surface area contributed by atoms with Gasteiger partial charge in [-0.25, -0.2) is 4.98 Å². The van der Waals surface area contributed by atoms with Crippen molar-refractivity contribution in [2.45, 2.75) is 12.4 Å². The Morgan fingerprint density at radius 3 is 2.45 bits per heavy atom. The average Bonchev–Trinajstić information content (AvgIpc) is 3.09. The lowest BCUT2D eigenvalue weighted by atomic mass is 10.2. The highest BCUT2D eigenvalue weighted by atomic mass is 35.5. The molecule has 1 aliphatic rings. The molecule has 6 nitrogen and oxygen atoms in total. The van der Waals surface area contributed by atoms with E-state index in [1.807, 2.05) is 4.98 Å². The zero-order valence-electron chi connectivity index (χ0n) is 14.0. The summed E-state index contributed by atoms with van der Waals surface area (Å²) in [6, 6.07) is 2.06. The Bertz CT molecular complexity index is 1060. The number of allylic oxidation sites excluding steroid dienone is 1. The van der Waals surface area contributed by atoms with Gasteiger partial charge in [-0.1, -0.05) is 11.6 Å². The van der Waals surface area contributed by atoms with Crippen LogP contribution in [0.4, 0.5) is 32.3 Å². The van der Waals surface area contributed by atoms with Crippen LogP contribution in [-0.4, -0.2) is 22.7 Å². The third-order valence-electron chi connectivity index (χ3n) is 3.52. The fourth-order valence-corrected chi connectivity index (χ4v) is 2.51. The van der Waals surface area contributed by atoms with Crippen molar-refractivity contribution in [3.63, 3.8) is 0 Å². The first kappa shape index (κ1) is 20.7. The van der Waals surface area contributed by atoms with Crippen molar-refractivity contribution < 1.29 is 31.1 Å². The van der Waals surface area contributed by atoms with E-state index in [0.717, 1.165) is 12.1 Å². The molecule has 0 fully saturated rings. The number of aromatic nitrogens is 2. The van der Waals surface area contributed by atoms with Crippen molar-refractivity contribution >= 4 is 23.8 Å². The molecule has 29 heavy (non-hydrogen) atoms. The third kappa shape index (κ3) is 4.70. The Balaban J connectivity index is 2.03. The van der Waals surface area contributed by atoms with E-state index in [1.165, 1.54) is 12.3 Å². The van der Waals surface area contributed by atoms with Crippen LogP contribution in [0.2, 0.25) is 5.02 Å². The van der Waals surface area contributed by atoms with E-state index in [1.54, 1.807) is 0 Å². The van der Waals surface area contributed by atoms with Crippen LogP contribution in [0.25, 0.3) is 0 Å². The second-order valence-corrected chi connectivity index (χ2v) is 6.02. The smallest absolute Gasteiger partial charge is 0.437 e. The molecule has 0 saturated carbocycles. The maximum atomic E-state index is 13.4. The summed E-state index contributed by atoms with van der Waals surface area (Å²) in [5.74, 6) is -2.53. The van der Waals surface area contributed by atoms with E-state index in [2.05, 4.69) is 15.3 Å². The van der Waals surface area contributed by atoms with Crippen LogP contribution in [0.1, 0.15) is 11.3 Å². The molecule has 154 valence electrons. The molecule has 0 unspecified atom stereocenters. The molecule has 0 amide bonds. The van der Waals surface area contributed by atoms with E-state index in [9.17, 15) is 31.1 Å². The Morgan fingerprint density at radius 2 is 1.86 bits per heavy atom. The highest BCUT2D eigenvalue weighted by Gasteiger charge is 2.39. The lowest BCUT2D eigenvalue weighted by molar-refractivity contribution is -0.142. The van der Waals surface area contributed by atoms with Gasteiger partial charge in [0.1, 0.15) is 5.75 Å². The van der Waals surface area contributed by atoms with E-state index in [4.69, 9.17) is 16.3 Å². The van der Waals surface area contributed by atoms with Gasteiger partial charge in [0.05, 0.1) is 22.8 Å². The molecular formula is C16H9ClF6N4O2. The van der Waals surface area contributed by atoms with Gasteiger partial charge in [-0.3, -0.25) is 14.8 Å². The van der Waals surface area contributed by atoms with Crippen LogP contribution in [0.15, 0.2) is 39.8 Å². The summed E-state index contributed by atoms with van der Waals surface area (Å²) in [7, 11) is 0. The Labute approximate surface area is 162 Å². The molecule has 2 heterocycles. The van der Waals surface area contributed by atoms with Gasteiger partial charge in [0.15, 0.2) is 5.69 Å². The summed E-state index contributed by atoms with van der Waals surface area (Å²) >= 11 is 5.46. The Kier molecular flexibility index (Phi) is 5.30. The van der Waals surface area contributed by atoms with E-state index in [0.29, 0.717) is 18.3 Å². The first-order valence-corrected chi connectivity index (χ1v) is 8.06. The van der Waals surface area contributed by atoms with Crippen LogP contribution < -0.4 is 15.6 Å². The number of nitrogens with one attached hydrogen (secondary N) is 2. The number of hydrogen-bond acceptors (Lipinski definition) is 5. The molecule has 2 N–H and O–H groups in total. The second-order valence-electron chi connectivity index (χ2n) is 5.61. The number of anilines is 1. The highest BCUT2D eigenvalue weighted by Crippen LogP contribution is 2.39. The van der Waals surface area contributed by atoms with Gasteiger partial charge in [-0.15, -0.1) is 0 Å². The predicted octanol–water partition coefficient (Wildman–Crippen LogP) is 4.63. The largest absolute Gasteiger partial charge is 0.449 e. The Morgan fingerprint density at radius 1 is 1.14 bits per heavy atom. The lowest BCUT2D eigenvalue weighted by Crippen LogP contribution is -2.22. The van der Waals surface area contributed by atoms with Gasteiger partial charge >= 0.3 is 12.4 Å². The quantitative estimate of drug-likeness (QED) is 0.682. The van der Waals surface area contributed by atoms with Gasteiger partial charge in [0.2, 0.25) is 11.7 Å². The molecule has 0 saturated heterocycles. The standard InChI is InChI=1S/C16H9ClF6N4O2/c17-10-2-1-8(5-9(10)15(18,19)20)29-11-12(16(21,22)23)26-14(27-13(11)28)25-7-3-4-24-6-7/h1-3,5-6H,4H2,(H2,25,26,27,28). The molecule has 13 heteroatoms. The van der Waals surface area contributed by atoms with Gasteiger partial charge in [-0.05, 0) is 24.3 Å². The maximum Gasteiger partial charge on any atom is 0.437 e. The molecule has 0 spiro atoms. The average molecular weight is 439 g/mol. The zero-order valence-corrected chi connectivity index (χ0v) is 14.7. The number of alkyl halides is 6. The number of hydrogen-bond donors (Lipinski definition) is 2. The van der Waals surface area contributed by atoms with Gasteiger partial charge < -0.3 is 10.1 Å². The second kappa shape index (κ2) is 7.43. The topological polar surface area (TPSA) is 79.4 Å². The molecule has 3 rings (SSSR count). The minimum Gasteiger partial charge on any atom is -0.449 e. The number of benzene rings is 1. The predicted molar refractivity (Wildman–Crippen MR) is 91.5 cm³/mol. The van der Waals surface area contributed by atoms with Crippen LogP contribution in [0.3, 0.4) is 0 Å². The van der Waals surface area contributed by atoms with Crippen LogP contribution in [-0.2, 0) is 12.4 Å². The molecule has 1 aromatic heterocycles. The SMILES string of the molecule is O=c1[nH]c(NC2=CCN=C2)nc(C(F)(F)F)c1Oc1ccc(Cl)c(C(F)(F)F)c1. The minimum absolute atomic E-state index is 0.304. The number of aromatic amines is 1. The number of ether oxygens (including phenoxy) is 1. The number of rotatable bonds is 4. The number of aliphatic imine (C=N–C) groups is 1. The van der Waals surface area contributed by atoms with Gasteiger partial charge in [-0.2, -0.15) is 26.3 Å². The van der Waals surface area contributed by atoms with Crippen molar-refractivity contribution in [1.82, 2.24) is 9.97 Å². The molecule has 1 aliphatic heterocycles. The molecule has 0 bridgehead atoms. The number of H-pyrrole nitrogens is 1. The van der Waals surface area contributed by atoms with Crippen molar-refractivity contribution in [3.8, 4) is 11.5 Å². The van der Waals surface area contributed by atoms with Gasteiger partial charge in [0.25, 0.3) is 5.56 Å². The van der Waals surface area contributed by atoms with Crippen molar-refractivity contribution in [3.05, 3.63) is 56.6 Å². The van der Waals surface area contributed by atoms with Crippen molar-refractivity contribution in [2.75, 3.05) is 11.9 Å². The summed E-state index contributed by atoms with van der Waals surface area (Å²) in [5.41, 5.74) is -4.10. The zero-order chi connectivity index (χ0) is 21.4. The van der Waals surface area contributed by atoms with Crippen LogP contribution in [0.5, 0.6) is 11.5 Å². The molecule has 0 radical (unpaired) electrons. The first-order valence-electron chi connectivity index (χ1n) is 7.68. The van der Waals surface area contributed by atoms with Crippen LogP contribution >= 0.6 is 11.6 Å². The Hall–Kier alpha value is -3.02. The summed E-state index contributed by atoms with van der Waals surface area (Å²) in [4.78, 5) is 21.3. The summed E-state index contributed by atoms with van der Waals surface area (Å²) < 4.78 is 83.8. The maximum absolute atomic E-state index is 13.4. The van der Waals surface area contributed by atoms with E-state index in [-0.39, 0.29) is 0 Å². The van der Waals surface area contributed by atoms with Crippen LogP contribution in [0, 0.1) is 0 Å². The normalized spacial score (nSPS) is 14.1. The monoisotopic (exact) mass is 438 g/mol. The van der Waals surface area contributed by atoms with Crippen molar-refractivity contribution in [2.24, 2.45) is 4.99 Å². The lowest BCUT2D eigenvalue weighted by Gasteiger charge is -2.15. The molecule has 0 aliphatic carbocycles. The first-order chi connectivity index (χ1) is 13.4. The third-order valence-corrected chi connectivity index (χ3v) is 3.85. The summed E-state index contributed by atoms with van der Waals surface area (Å²) in [5, 5.41) is 1.76. The number of halogens is 7. The molecule has 1 aromatic carbocycles. The number of nitrogens with zero attached hydrogens (tertiary/aromatic N) is 2. The molecular weight excluding hydrogens is 430 g/mol. The van der Waals surface area contributed by atoms with Gasteiger partial charge in [0, 0.05) is 6.21 Å². The van der Waals surface area contributed by atoms with E-state index >= 15 is 0 Å². The fourth-order valence-electron chi connectivity index (χ4n) is 2.29. The molecule has 0 atom stereocenters. The minimum atomic E-state index is -5.13. The fraction of sp³-hybridized carbons (Fsp3) is 0.188. The van der Waals surface area contributed by atoms with Crippen molar-refractivity contribution in [1.29, 1.82) is 0 Å². The molecule has 2 aromatic rings. The summed E-state index contributed by atoms with van der Waals surface area (Å²) in [6.45, 7) is 0.304. The summed E-state index contributed by atoms with van der Waals surface area (Å²) in [6.07, 6.45) is -7.15. The highest BCUT2D eigenvalue weighted by molar-refractivity contribution is 6.31.